The minimum atomic E-state index is -0.138. The van der Waals surface area contributed by atoms with Gasteiger partial charge in [0.1, 0.15) is 11.6 Å². The van der Waals surface area contributed by atoms with E-state index in [-0.39, 0.29) is 11.5 Å². The number of rotatable bonds is 3. The molecule has 0 aliphatic heterocycles. The van der Waals surface area contributed by atoms with Gasteiger partial charge >= 0.3 is 0 Å². The molecule has 1 aromatic heterocycles. The van der Waals surface area contributed by atoms with Crippen molar-refractivity contribution in [3.8, 4) is 5.88 Å². The summed E-state index contributed by atoms with van der Waals surface area (Å²) >= 11 is 0. The summed E-state index contributed by atoms with van der Waals surface area (Å²) in [6, 6.07) is 0. The van der Waals surface area contributed by atoms with Crippen LogP contribution >= 0.6 is 0 Å². The summed E-state index contributed by atoms with van der Waals surface area (Å²) in [6.45, 7) is 14.4. The van der Waals surface area contributed by atoms with Crippen molar-refractivity contribution in [2.45, 2.75) is 60.0 Å². The lowest BCUT2D eigenvalue weighted by Gasteiger charge is -2.22. The number of aromatic nitrogens is 2. The predicted molar refractivity (Wildman–Crippen MR) is 74.8 cm³/mol. The third-order valence-corrected chi connectivity index (χ3v) is 3.05. The van der Waals surface area contributed by atoms with E-state index in [1.807, 2.05) is 13.8 Å². The number of nitrogens with zero attached hydrogens (tertiary/aromatic N) is 2. The highest BCUT2D eigenvalue weighted by Gasteiger charge is 2.22. The van der Waals surface area contributed by atoms with Gasteiger partial charge in [0.25, 0.3) is 0 Å². The third kappa shape index (κ3) is 3.34. The predicted octanol–water partition coefficient (Wildman–Crippen LogP) is 3.09. The van der Waals surface area contributed by atoms with Gasteiger partial charge in [0.15, 0.2) is 0 Å². The molecule has 0 fully saturated rings. The molecule has 1 atom stereocenters. The molecule has 0 saturated carbocycles. The van der Waals surface area contributed by atoms with Gasteiger partial charge in [-0.25, -0.2) is 4.98 Å². The summed E-state index contributed by atoms with van der Waals surface area (Å²) in [4.78, 5) is 8.86. The first-order valence-electron chi connectivity index (χ1n) is 6.44. The third-order valence-electron chi connectivity index (χ3n) is 3.05. The summed E-state index contributed by atoms with van der Waals surface area (Å²) in [5.41, 5.74) is 6.62. The van der Waals surface area contributed by atoms with E-state index in [2.05, 4.69) is 44.6 Å². The fourth-order valence-electron chi connectivity index (χ4n) is 1.27. The van der Waals surface area contributed by atoms with Crippen molar-refractivity contribution in [1.82, 2.24) is 9.97 Å². The fourth-order valence-corrected chi connectivity index (χ4v) is 1.27. The monoisotopic (exact) mass is 251 g/mol. The molecule has 1 heterocycles. The van der Waals surface area contributed by atoms with Gasteiger partial charge in [0, 0.05) is 5.41 Å². The Hall–Kier alpha value is -1.32. The van der Waals surface area contributed by atoms with Gasteiger partial charge in [0.05, 0.1) is 11.7 Å². The van der Waals surface area contributed by atoms with Crippen LogP contribution in [0.4, 0.5) is 5.82 Å². The van der Waals surface area contributed by atoms with Crippen molar-refractivity contribution in [2.24, 2.45) is 5.92 Å². The Labute approximate surface area is 110 Å². The van der Waals surface area contributed by atoms with Crippen LogP contribution in [0.2, 0.25) is 0 Å². The van der Waals surface area contributed by atoms with E-state index in [0.29, 0.717) is 17.6 Å². The maximum atomic E-state index is 5.94. The average Bonchev–Trinajstić information content (AvgIpc) is 2.22. The first kappa shape index (κ1) is 14.7. The summed E-state index contributed by atoms with van der Waals surface area (Å²) in [5, 5.41) is 0. The number of hydrogen-bond acceptors (Lipinski definition) is 4. The van der Waals surface area contributed by atoms with Gasteiger partial charge < -0.3 is 10.5 Å². The van der Waals surface area contributed by atoms with E-state index in [0.717, 1.165) is 11.4 Å². The highest BCUT2D eigenvalue weighted by atomic mass is 16.5. The van der Waals surface area contributed by atoms with Crippen LogP contribution in [-0.4, -0.2) is 16.1 Å². The fraction of sp³-hybridized carbons (Fsp3) is 0.714. The van der Waals surface area contributed by atoms with E-state index in [1.165, 1.54) is 0 Å². The first-order chi connectivity index (χ1) is 8.12. The van der Waals surface area contributed by atoms with E-state index in [4.69, 9.17) is 10.5 Å². The molecule has 4 nitrogen and oxygen atoms in total. The van der Waals surface area contributed by atoms with Crippen molar-refractivity contribution >= 4 is 5.82 Å². The summed E-state index contributed by atoms with van der Waals surface area (Å²) in [7, 11) is 0. The van der Waals surface area contributed by atoms with E-state index in [9.17, 15) is 0 Å². The number of nitrogens with two attached hydrogens (primary N) is 1. The van der Waals surface area contributed by atoms with Crippen LogP contribution in [0, 0.1) is 12.8 Å². The van der Waals surface area contributed by atoms with E-state index in [1.54, 1.807) is 0 Å². The summed E-state index contributed by atoms with van der Waals surface area (Å²) in [5.74, 6) is 2.25. The molecule has 0 radical (unpaired) electrons. The Morgan fingerprint density at radius 1 is 1.11 bits per heavy atom. The van der Waals surface area contributed by atoms with Crippen LogP contribution in [0.3, 0.4) is 0 Å². The first-order valence-corrected chi connectivity index (χ1v) is 6.44. The van der Waals surface area contributed by atoms with E-state index < -0.39 is 0 Å². The molecule has 0 aliphatic carbocycles. The minimum Gasteiger partial charge on any atom is -0.474 e. The van der Waals surface area contributed by atoms with Crippen LogP contribution < -0.4 is 10.5 Å². The van der Waals surface area contributed by atoms with Crippen LogP contribution in [0.5, 0.6) is 5.88 Å². The number of hydrogen-bond donors (Lipinski definition) is 1. The topological polar surface area (TPSA) is 61.0 Å². The largest absolute Gasteiger partial charge is 0.474 e. The normalized spacial score (nSPS) is 13.8. The Kier molecular flexibility index (Phi) is 4.20. The molecule has 1 rings (SSSR count). The number of anilines is 1. The quantitative estimate of drug-likeness (QED) is 0.896. The minimum absolute atomic E-state index is 0.103. The Bertz CT molecular complexity index is 422. The molecule has 0 aromatic carbocycles. The molecule has 4 heteroatoms. The van der Waals surface area contributed by atoms with Crippen molar-refractivity contribution in [3.05, 3.63) is 11.4 Å². The molecular weight excluding hydrogens is 226 g/mol. The lowest BCUT2D eigenvalue weighted by molar-refractivity contribution is 0.161. The molecule has 0 aliphatic rings. The van der Waals surface area contributed by atoms with Gasteiger partial charge in [-0.15, -0.1) is 0 Å². The molecule has 1 aromatic rings. The van der Waals surface area contributed by atoms with Crippen molar-refractivity contribution in [1.29, 1.82) is 0 Å². The van der Waals surface area contributed by atoms with Crippen molar-refractivity contribution < 1.29 is 4.74 Å². The highest BCUT2D eigenvalue weighted by molar-refractivity contribution is 5.45. The van der Waals surface area contributed by atoms with Crippen LogP contribution in [0.1, 0.15) is 52.9 Å². The SMILES string of the molecule is Cc1c(N)nc(C(C)(C)C)nc1OC(C)C(C)C. The molecular formula is C14H25N3O. The number of ether oxygens (including phenoxy) is 1. The maximum Gasteiger partial charge on any atom is 0.222 e. The second-order valence-corrected chi connectivity index (χ2v) is 6.18. The van der Waals surface area contributed by atoms with Crippen molar-refractivity contribution in [3.63, 3.8) is 0 Å². The second-order valence-electron chi connectivity index (χ2n) is 6.18. The molecule has 1 unspecified atom stereocenters. The number of nitrogen functional groups attached to an aromatic ring is 1. The van der Waals surface area contributed by atoms with Gasteiger partial charge in [-0.3, -0.25) is 0 Å². The van der Waals surface area contributed by atoms with Crippen molar-refractivity contribution in [2.75, 3.05) is 5.73 Å². The zero-order chi connectivity index (χ0) is 14.1. The zero-order valence-electron chi connectivity index (χ0n) is 12.5. The Balaban J connectivity index is 3.15. The smallest absolute Gasteiger partial charge is 0.222 e. The summed E-state index contributed by atoms with van der Waals surface area (Å²) in [6.07, 6.45) is 0.103. The van der Waals surface area contributed by atoms with Gasteiger partial charge in [0.2, 0.25) is 5.88 Å². The van der Waals surface area contributed by atoms with Gasteiger partial charge in [-0.1, -0.05) is 34.6 Å². The lowest BCUT2D eigenvalue weighted by Crippen LogP contribution is -2.23. The molecule has 2 N–H and O–H groups in total. The molecule has 0 saturated heterocycles. The lowest BCUT2D eigenvalue weighted by atomic mass is 9.95. The molecule has 0 bridgehead atoms. The average molecular weight is 251 g/mol. The molecule has 18 heavy (non-hydrogen) atoms. The second kappa shape index (κ2) is 5.12. The molecule has 0 spiro atoms. The van der Waals surface area contributed by atoms with Crippen LogP contribution in [-0.2, 0) is 5.41 Å². The van der Waals surface area contributed by atoms with E-state index >= 15 is 0 Å². The van der Waals surface area contributed by atoms with Crippen LogP contribution in [0.25, 0.3) is 0 Å². The van der Waals surface area contributed by atoms with Crippen LogP contribution in [0.15, 0.2) is 0 Å². The zero-order valence-corrected chi connectivity index (χ0v) is 12.5. The summed E-state index contributed by atoms with van der Waals surface area (Å²) < 4.78 is 5.89. The Morgan fingerprint density at radius 3 is 2.11 bits per heavy atom. The Morgan fingerprint density at radius 2 is 1.67 bits per heavy atom. The van der Waals surface area contributed by atoms with Gasteiger partial charge in [-0.05, 0) is 19.8 Å². The molecule has 0 amide bonds. The standard InChI is InChI=1S/C14H25N3O/c1-8(2)10(4)18-12-9(3)11(15)16-13(17-12)14(5,6)7/h8,10H,1-7H3,(H2,15,16,17). The molecule has 102 valence electrons. The highest BCUT2D eigenvalue weighted by Crippen LogP contribution is 2.27. The maximum absolute atomic E-state index is 5.94. The van der Waals surface area contributed by atoms with Gasteiger partial charge in [-0.2, -0.15) is 4.98 Å².